The summed E-state index contributed by atoms with van der Waals surface area (Å²) in [4.78, 5) is 41.7. The fraction of sp³-hybridized carbons (Fsp3) is 0.0706. The monoisotopic (exact) mass is 2260 g/mol. The first kappa shape index (κ1) is 86.3. The number of ketones is 2. The van der Waals surface area contributed by atoms with Crippen LogP contribution >= 0.6 is 0 Å². The maximum Gasteiger partial charge on any atom is 0.381 e. The van der Waals surface area contributed by atoms with Crippen LogP contribution in [-0.4, -0.2) is 48.8 Å². The molecule has 0 bridgehead atoms. The number of allylic oxidation sites excluding steroid dienone is 4. The van der Waals surface area contributed by atoms with E-state index < -0.39 is 11.7 Å². The summed E-state index contributed by atoms with van der Waals surface area (Å²) in [5.74, 6) is -0.125. The fourth-order valence-electron chi connectivity index (χ4n) is 10.0. The number of rotatable bonds is 7. The third-order valence-corrected chi connectivity index (χ3v) is 14.5. The third-order valence-electron chi connectivity index (χ3n) is 14.5. The van der Waals surface area contributed by atoms with Gasteiger partial charge in [0.1, 0.15) is 0 Å². The zero-order valence-corrected chi connectivity index (χ0v) is 67.9. The van der Waals surface area contributed by atoms with Gasteiger partial charge in [-0.15, -0.1) is 130 Å². The molecule has 0 saturated heterocycles. The van der Waals surface area contributed by atoms with E-state index in [-0.39, 0.29) is 125 Å². The average molecular weight is 2260 g/mol. The predicted molar refractivity (Wildman–Crippen MR) is 390 cm³/mol. The van der Waals surface area contributed by atoms with Crippen molar-refractivity contribution in [2.45, 2.75) is 33.9 Å². The zero-order chi connectivity index (χ0) is 69.2. The summed E-state index contributed by atoms with van der Waals surface area (Å²) in [6.07, 6.45) is 5.17. The summed E-state index contributed by atoms with van der Waals surface area (Å²) in [6, 6.07) is 100. The molecule has 2 N–H and O–H groups in total. The second kappa shape index (κ2) is 43.8. The number of halogens is 3. The first-order valence-corrected chi connectivity index (χ1v) is 31.0. The van der Waals surface area contributed by atoms with E-state index >= 15 is 0 Å². The summed E-state index contributed by atoms with van der Waals surface area (Å²) < 4.78 is 36.9. The van der Waals surface area contributed by atoms with Crippen LogP contribution < -0.4 is 9.80 Å². The summed E-state index contributed by atoms with van der Waals surface area (Å²) in [7, 11) is 2.06. The minimum absolute atomic E-state index is 0. The molecule has 0 fully saturated rings. The number of para-hydroxylation sites is 3. The summed E-state index contributed by atoms with van der Waals surface area (Å²) >= 11 is 0. The fourth-order valence-corrected chi connectivity index (χ4v) is 10.0. The van der Waals surface area contributed by atoms with Gasteiger partial charge in [0.2, 0.25) is 0 Å². The van der Waals surface area contributed by atoms with Gasteiger partial charge in [-0.3, -0.25) is 9.59 Å². The van der Waals surface area contributed by atoms with E-state index in [1.54, 1.807) is 30.6 Å². The molecule has 14 aromatic rings. The number of hydrogen-bond donors (Lipinski definition) is 2. The summed E-state index contributed by atoms with van der Waals surface area (Å²) in [5, 5.41) is 26.3. The number of fused-ring (bicyclic) bond motifs is 5. The Balaban J connectivity index is 0.000000260. The van der Waals surface area contributed by atoms with Crippen molar-refractivity contribution in [3.05, 3.63) is 352 Å². The molecule has 0 saturated carbocycles. The third kappa shape index (κ3) is 26.3. The normalized spacial score (nSPS) is 10.9. The van der Waals surface area contributed by atoms with Gasteiger partial charge in [-0.2, -0.15) is 50.2 Å². The molecule has 0 unspecified atom stereocenters. The minimum Gasteiger partial charge on any atom is -0.512 e. The predicted octanol–water partition coefficient (Wildman–Crippen LogP) is 21.1. The van der Waals surface area contributed by atoms with E-state index in [1.165, 1.54) is 95.0 Å². The van der Waals surface area contributed by atoms with Crippen molar-refractivity contribution >= 4 is 71.7 Å². The van der Waals surface area contributed by atoms with Crippen LogP contribution in [0.1, 0.15) is 33.3 Å². The van der Waals surface area contributed by atoms with Crippen molar-refractivity contribution < 1.29 is 134 Å². The molecule has 15 rings (SSSR count). The van der Waals surface area contributed by atoms with Crippen LogP contribution in [0.4, 0.5) is 30.2 Å². The number of aromatic nitrogens is 4. The number of carbonyl (C=O) groups is 2. The molecule has 10 aromatic carbocycles. The van der Waals surface area contributed by atoms with E-state index in [0.717, 1.165) is 57.0 Å². The molecule has 534 valence electrons. The number of pyridine rings is 4. The van der Waals surface area contributed by atoms with Crippen LogP contribution in [0.2, 0.25) is 0 Å². The van der Waals surface area contributed by atoms with Gasteiger partial charge < -0.3 is 39.9 Å². The molecular weight excluding hydrogens is 2190 g/mol. The van der Waals surface area contributed by atoms with Crippen LogP contribution in [0, 0.1) is 37.0 Å². The Bertz CT molecular complexity index is 4830. The summed E-state index contributed by atoms with van der Waals surface area (Å²) in [5.41, 5.74) is 10.00. The zero-order valence-electron chi connectivity index (χ0n) is 56.0. The second-order valence-electron chi connectivity index (χ2n) is 22.1. The SMILES string of the molecule is CC(=O)C=C(C)O.CC(=O)C=C(C)O.CN1[CH-]N(c2[c-]cccc2)c2ccccc21.FC(F)(F)c1c[c-]c(-c2ccccn2)cc1.[Ir].[Ir].[Ir].[Ir].[Pt].[c-]1cc2ccccc2cc1-c1cc2ccccc2cn1.[c-]1cc2ccccc2cc1-c1nccc2ccccc12.[c-]1ccccc1-c1ccccn1. The Morgan fingerprint density at radius 1 is 0.427 bits per heavy atom. The number of alkyl halides is 3. The quantitative estimate of drug-likeness (QED) is 0.0903. The van der Waals surface area contributed by atoms with Gasteiger partial charge in [0, 0.05) is 150 Å². The van der Waals surface area contributed by atoms with Crippen molar-refractivity contribution in [3.8, 4) is 45.0 Å². The van der Waals surface area contributed by atoms with Crippen molar-refractivity contribution in [2.24, 2.45) is 0 Å². The van der Waals surface area contributed by atoms with Crippen molar-refractivity contribution in [3.63, 3.8) is 0 Å². The molecule has 0 atom stereocenters. The van der Waals surface area contributed by atoms with Gasteiger partial charge in [-0.05, 0) is 115 Å². The molecule has 4 aromatic heterocycles. The topological polar surface area (TPSA) is 133 Å². The van der Waals surface area contributed by atoms with E-state index in [2.05, 4.69) is 201 Å². The average Bonchev–Trinajstić information content (AvgIpc) is 1.47. The van der Waals surface area contributed by atoms with Crippen LogP contribution in [0.3, 0.4) is 0 Å². The van der Waals surface area contributed by atoms with Crippen LogP contribution in [-0.2, 0) is 117 Å². The Kier molecular flexibility index (Phi) is 36.7. The molecule has 0 amide bonds. The van der Waals surface area contributed by atoms with Gasteiger partial charge in [-0.25, -0.2) is 0 Å². The van der Waals surface area contributed by atoms with Crippen molar-refractivity contribution in [1.29, 1.82) is 0 Å². The Labute approximate surface area is 667 Å². The number of hydrogen-bond acceptors (Lipinski definition) is 10. The van der Waals surface area contributed by atoms with E-state index in [9.17, 15) is 22.8 Å². The number of anilines is 3. The Morgan fingerprint density at radius 2 is 0.893 bits per heavy atom. The minimum atomic E-state index is -4.32. The second-order valence-corrected chi connectivity index (χ2v) is 22.1. The van der Waals surface area contributed by atoms with E-state index in [4.69, 9.17) is 10.2 Å². The largest absolute Gasteiger partial charge is 0.512 e. The van der Waals surface area contributed by atoms with Gasteiger partial charge >= 0.3 is 6.18 Å². The molecule has 0 aliphatic carbocycles. The van der Waals surface area contributed by atoms with Gasteiger partial charge in [-0.1, -0.05) is 150 Å². The van der Waals surface area contributed by atoms with Gasteiger partial charge in [0.05, 0.1) is 11.5 Å². The van der Waals surface area contributed by atoms with Gasteiger partial charge in [0.15, 0.2) is 11.6 Å². The van der Waals surface area contributed by atoms with Crippen LogP contribution in [0.5, 0.6) is 0 Å². The molecule has 0 spiro atoms. The molecule has 1 aliphatic heterocycles. The number of aliphatic hydroxyl groups excluding tert-OH is 2. The number of nitrogens with zero attached hydrogens (tertiary/aromatic N) is 6. The smallest absolute Gasteiger partial charge is 0.381 e. The molecule has 103 heavy (non-hydrogen) atoms. The Morgan fingerprint density at radius 3 is 1.39 bits per heavy atom. The van der Waals surface area contributed by atoms with Crippen molar-refractivity contribution in [2.75, 3.05) is 16.8 Å². The Hall–Kier alpha value is -9.06. The van der Waals surface area contributed by atoms with Gasteiger partial charge in [0.25, 0.3) is 0 Å². The molecule has 10 nitrogen and oxygen atoms in total. The molecule has 18 heteroatoms. The van der Waals surface area contributed by atoms with Crippen molar-refractivity contribution in [1.82, 2.24) is 19.9 Å². The summed E-state index contributed by atoms with van der Waals surface area (Å²) in [6.45, 7) is 7.78. The van der Waals surface area contributed by atoms with Crippen LogP contribution in [0.25, 0.3) is 88.1 Å². The maximum atomic E-state index is 12.3. The van der Waals surface area contributed by atoms with E-state index in [1.807, 2.05) is 109 Å². The van der Waals surface area contributed by atoms with Crippen LogP contribution in [0.15, 0.2) is 309 Å². The number of carbonyl (C=O) groups excluding carboxylic acids is 2. The first-order valence-electron chi connectivity index (χ1n) is 31.0. The molecular formula is C85H67F3Ir4N6O4Pt-6. The number of benzene rings is 10. The van der Waals surface area contributed by atoms with E-state index in [0.29, 0.717) is 11.3 Å². The first-order chi connectivity index (χ1) is 47.5. The standard InChI is InChI=1S/2C19H12N.C14H12N2.C12H7F3N.C11H8N.2C5H8O2.4Ir.Pt/c1-2-7-16-13-17(10-9-14(16)5-1)19-18-8-4-3-6-15(18)11-12-20-19;1-2-6-15-11-17(10-9-14(15)5-1)19-12-16-7-3-4-8-18(16)13-20-19;1-15-11-16(12-7-3-2-4-8-12)14-10-6-5-9-13(14)15;13-12(14,15)10-6-4-9(5-7-10)11-3-1-2-8-16-11;1-2-6-10(7-3-1)11-8-4-5-9-12-11;2*1-4(6)3-5(2)7;;;;;/h2*1-9,11-13H;2-7,9-11H,1H3;1-4,6-8H;1-6,8-9H;2*3,6H,1-2H3;;;;;/q2*-1;-2;2*-1;;;;;;;. The molecule has 5 heterocycles. The maximum absolute atomic E-state index is 12.3. The molecule has 4 radical (unpaired) electrons. The molecule has 1 aliphatic rings. The number of aliphatic hydroxyl groups is 2.